The largest absolute Gasteiger partial charge is 0.493 e. The van der Waals surface area contributed by atoms with Gasteiger partial charge in [0.25, 0.3) is 5.91 Å². The lowest BCUT2D eigenvalue weighted by atomic mass is 9.92. The first-order valence-corrected chi connectivity index (χ1v) is 9.11. The highest BCUT2D eigenvalue weighted by molar-refractivity contribution is 5.98. The first-order valence-electron chi connectivity index (χ1n) is 9.11. The Morgan fingerprint density at radius 2 is 1.58 bits per heavy atom. The van der Waals surface area contributed by atoms with Crippen LogP contribution in [-0.2, 0) is 0 Å². The molecule has 0 aromatic heterocycles. The van der Waals surface area contributed by atoms with Crippen molar-refractivity contribution in [3.8, 4) is 17.2 Å². The predicted octanol–water partition coefficient (Wildman–Crippen LogP) is 2.91. The number of amides is 1. The molecule has 146 valence electrons. The Labute approximate surface area is 157 Å². The van der Waals surface area contributed by atoms with Gasteiger partial charge in [-0.1, -0.05) is 20.8 Å². The lowest BCUT2D eigenvalue weighted by Crippen LogP contribution is -2.49. The minimum Gasteiger partial charge on any atom is -0.493 e. The number of rotatable bonds is 6. The van der Waals surface area contributed by atoms with Gasteiger partial charge in [0.1, 0.15) is 0 Å². The Morgan fingerprint density at radius 3 is 2.08 bits per heavy atom. The topological polar surface area (TPSA) is 51.2 Å². The number of ether oxygens (including phenoxy) is 3. The zero-order chi connectivity index (χ0) is 19.3. The van der Waals surface area contributed by atoms with Gasteiger partial charge < -0.3 is 19.1 Å². The predicted molar refractivity (Wildman–Crippen MR) is 103 cm³/mol. The molecule has 26 heavy (non-hydrogen) atoms. The second-order valence-electron chi connectivity index (χ2n) is 7.83. The molecule has 1 fully saturated rings. The molecule has 1 heterocycles. The van der Waals surface area contributed by atoms with Crippen molar-refractivity contribution in [1.29, 1.82) is 0 Å². The lowest BCUT2D eigenvalue weighted by Gasteiger charge is -2.36. The van der Waals surface area contributed by atoms with Crippen molar-refractivity contribution in [2.45, 2.75) is 27.2 Å². The summed E-state index contributed by atoms with van der Waals surface area (Å²) in [7, 11) is 4.65. The first-order chi connectivity index (χ1) is 12.3. The third-order valence-corrected chi connectivity index (χ3v) is 4.77. The van der Waals surface area contributed by atoms with Crippen LogP contribution in [0.25, 0.3) is 0 Å². The summed E-state index contributed by atoms with van der Waals surface area (Å²) in [5.74, 6) is 1.39. The van der Waals surface area contributed by atoms with E-state index in [1.165, 1.54) is 0 Å². The van der Waals surface area contributed by atoms with E-state index in [-0.39, 0.29) is 5.91 Å². The Hall–Kier alpha value is -1.95. The van der Waals surface area contributed by atoms with Crippen molar-refractivity contribution in [2.75, 3.05) is 54.1 Å². The fourth-order valence-corrected chi connectivity index (χ4v) is 3.11. The number of hydrogen-bond donors (Lipinski definition) is 0. The Kier molecular flexibility index (Phi) is 6.75. The zero-order valence-corrected chi connectivity index (χ0v) is 16.9. The maximum Gasteiger partial charge on any atom is 0.257 e. The molecule has 6 heteroatoms. The number of nitrogens with zero attached hydrogens (tertiary/aromatic N) is 2. The van der Waals surface area contributed by atoms with E-state index in [4.69, 9.17) is 14.2 Å². The van der Waals surface area contributed by atoms with Gasteiger partial charge in [-0.3, -0.25) is 9.69 Å². The maximum absolute atomic E-state index is 13.0. The summed E-state index contributed by atoms with van der Waals surface area (Å²) >= 11 is 0. The molecule has 0 saturated carbocycles. The van der Waals surface area contributed by atoms with Crippen LogP contribution < -0.4 is 14.2 Å². The normalized spacial score (nSPS) is 15.7. The number of benzene rings is 1. The molecule has 0 bridgehead atoms. The van der Waals surface area contributed by atoms with Crippen molar-refractivity contribution < 1.29 is 19.0 Å². The maximum atomic E-state index is 13.0. The molecule has 6 nitrogen and oxygen atoms in total. The van der Waals surface area contributed by atoms with Crippen LogP contribution in [0.4, 0.5) is 0 Å². The van der Waals surface area contributed by atoms with E-state index in [9.17, 15) is 4.79 Å². The van der Waals surface area contributed by atoms with Crippen LogP contribution in [0.1, 0.15) is 37.6 Å². The summed E-state index contributed by atoms with van der Waals surface area (Å²) in [6, 6.07) is 3.49. The summed E-state index contributed by atoms with van der Waals surface area (Å²) in [5.41, 5.74) is 0.841. The molecule has 1 aromatic rings. The zero-order valence-electron chi connectivity index (χ0n) is 16.9. The number of carbonyl (C=O) groups excluding carboxylic acids is 1. The van der Waals surface area contributed by atoms with Crippen molar-refractivity contribution in [1.82, 2.24) is 9.80 Å². The van der Waals surface area contributed by atoms with Gasteiger partial charge in [0.05, 0.1) is 26.9 Å². The van der Waals surface area contributed by atoms with E-state index in [1.807, 2.05) is 4.90 Å². The SMILES string of the molecule is COc1ccc(C(=O)N2CCN(CCC(C)(C)C)CC2)c(OC)c1OC. The second kappa shape index (κ2) is 8.62. The van der Waals surface area contributed by atoms with Crippen LogP contribution >= 0.6 is 0 Å². The summed E-state index contributed by atoms with van der Waals surface area (Å²) in [4.78, 5) is 17.3. The van der Waals surface area contributed by atoms with Gasteiger partial charge in [0.2, 0.25) is 5.75 Å². The van der Waals surface area contributed by atoms with Crippen LogP contribution in [0.2, 0.25) is 0 Å². The average Bonchev–Trinajstić information content (AvgIpc) is 2.64. The molecule has 0 spiro atoms. The Balaban J connectivity index is 2.07. The quantitative estimate of drug-likeness (QED) is 0.777. The molecule has 1 aliphatic rings. The third kappa shape index (κ3) is 4.81. The van der Waals surface area contributed by atoms with Crippen LogP contribution in [0.3, 0.4) is 0 Å². The fourth-order valence-electron chi connectivity index (χ4n) is 3.11. The molecule has 0 radical (unpaired) electrons. The van der Waals surface area contributed by atoms with Crippen molar-refractivity contribution in [3.63, 3.8) is 0 Å². The molecule has 1 amide bonds. The molecule has 0 N–H and O–H groups in total. The summed E-state index contributed by atoms with van der Waals surface area (Å²) in [6.07, 6.45) is 1.16. The molecule has 1 aromatic carbocycles. The minimum absolute atomic E-state index is 0.0294. The number of hydrogen-bond acceptors (Lipinski definition) is 5. The molecular formula is C20H32N2O4. The van der Waals surface area contributed by atoms with Gasteiger partial charge >= 0.3 is 0 Å². The standard InChI is InChI=1S/C20H32N2O4/c1-20(2,3)9-10-21-11-13-22(14-12-21)19(23)15-7-8-16(24-4)18(26-6)17(15)25-5/h7-8H,9-14H2,1-6H3. The third-order valence-electron chi connectivity index (χ3n) is 4.77. The van der Waals surface area contributed by atoms with Gasteiger partial charge in [0.15, 0.2) is 11.5 Å². The van der Waals surface area contributed by atoms with Gasteiger partial charge in [-0.2, -0.15) is 0 Å². The van der Waals surface area contributed by atoms with E-state index in [1.54, 1.807) is 33.5 Å². The molecule has 0 atom stereocenters. The summed E-state index contributed by atoms with van der Waals surface area (Å²) in [6.45, 7) is 11.1. The highest BCUT2D eigenvalue weighted by Gasteiger charge is 2.27. The fraction of sp³-hybridized carbons (Fsp3) is 0.650. The van der Waals surface area contributed by atoms with E-state index in [0.717, 1.165) is 39.1 Å². The summed E-state index contributed by atoms with van der Waals surface area (Å²) in [5, 5.41) is 0. The van der Waals surface area contributed by atoms with Gasteiger partial charge in [-0.15, -0.1) is 0 Å². The highest BCUT2D eigenvalue weighted by atomic mass is 16.5. The van der Waals surface area contributed by atoms with Crippen molar-refractivity contribution >= 4 is 5.91 Å². The molecule has 0 aliphatic carbocycles. The van der Waals surface area contributed by atoms with E-state index >= 15 is 0 Å². The highest BCUT2D eigenvalue weighted by Crippen LogP contribution is 2.40. The molecule has 0 unspecified atom stereocenters. The minimum atomic E-state index is -0.0294. The van der Waals surface area contributed by atoms with Crippen LogP contribution in [0, 0.1) is 5.41 Å². The number of methoxy groups -OCH3 is 3. The second-order valence-corrected chi connectivity index (χ2v) is 7.83. The number of piperazine rings is 1. The molecule has 1 saturated heterocycles. The van der Waals surface area contributed by atoms with Gasteiger partial charge in [-0.25, -0.2) is 0 Å². The van der Waals surface area contributed by atoms with Gasteiger partial charge in [0, 0.05) is 26.2 Å². The molecule has 1 aliphatic heterocycles. The average molecular weight is 364 g/mol. The Morgan fingerprint density at radius 1 is 0.962 bits per heavy atom. The smallest absolute Gasteiger partial charge is 0.257 e. The monoisotopic (exact) mass is 364 g/mol. The molecular weight excluding hydrogens is 332 g/mol. The van der Waals surface area contributed by atoms with Crippen molar-refractivity contribution in [2.24, 2.45) is 5.41 Å². The number of carbonyl (C=O) groups is 1. The summed E-state index contributed by atoms with van der Waals surface area (Å²) < 4.78 is 16.1. The first kappa shape index (κ1) is 20.4. The van der Waals surface area contributed by atoms with Gasteiger partial charge in [-0.05, 0) is 30.5 Å². The van der Waals surface area contributed by atoms with E-state index in [2.05, 4.69) is 25.7 Å². The van der Waals surface area contributed by atoms with E-state index in [0.29, 0.717) is 28.2 Å². The van der Waals surface area contributed by atoms with Crippen LogP contribution in [-0.4, -0.2) is 69.8 Å². The lowest BCUT2D eigenvalue weighted by molar-refractivity contribution is 0.0619. The van der Waals surface area contributed by atoms with Crippen LogP contribution in [0.15, 0.2) is 12.1 Å². The van der Waals surface area contributed by atoms with E-state index < -0.39 is 0 Å². The van der Waals surface area contributed by atoms with Crippen molar-refractivity contribution in [3.05, 3.63) is 17.7 Å². The van der Waals surface area contributed by atoms with Crippen LogP contribution in [0.5, 0.6) is 17.2 Å². The molecule has 2 rings (SSSR count). The Bertz CT molecular complexity index is 617.